The Morgan fingerprint density at radius 3 is 2.58 bits per heavy atom. The zero-order valence-electron chi connectivity index (χ0n) is 14.9. The molecule has 26 heavy (non-hydrogen) atoms. The maximum Gasteiger partial charge on any atom is 0.228 e. The predicted octanol–water partition coefficient (Wildman–Crippen LogP) is 2.35. The topological polar surface area (TPSA) is 81.2 Å². The molecule has 138 valence electrons. The molecule has 0 amide bonds. The summed E-state index contributed by atoms with van der Waals surface area (Å²) in [5, 5.41) is 3.82. The number of sulfone groups is 1. The standard InChI is InChI=1S/C18H22N4O3S/c1-3-26(23,24)18-19-11-16(13-21(2)14-17-9-10-20-25-17)22(18)12-15-7-5-4-6-8-15/h4-11H,3,12-14H2,1-2H3. The second kappa shape index (κ2) is 7.84. The third-order valence-electron chi connectivity index (χ3n) is 4.09. The molecule has 1 aromatic carbocycles. The number of hydrogen-bond acceptors (Lipinski definition) is 6. The van der Waals surface area contributed by atoms with Crippen LogP contribution in [-0.2, 0) is 29.5 Å². The number of aromatic nitrogens is 3. The summed E-state index contributed by atoms with van der Waals surface area (Å²) < 4.78 is 31.8. The van der Waals surface area contributed by atoms with E-state index in [0.29, 0.717) is 19.6 Å². The molecule has 0 fully saturated rings. The van der Waals surface area contributed by atoms with Crippen LogP contribution in [0.25, 0.3) is 0 Å². The fourth-order valence-electron chi connectivity index (χ4n) is 2.75. The van der Waals surface area contributed by atoms with Gasteiger partial charge in [0, 0.05) is 12.6 Å². The highest BCUT2D eigenvalue weighted by molar-refractivity contribution is 7.91. The van der Waals surface area contributed by atoms with Gasteiger partial charge in [-0.15, -0.1) is 0 Å². The highest BCUT2D eigenvalue weighted by Gasteiger charge is 2.22. The summed E-state index contributed by atoms with van der Waals surface area (Å²) in [5.41, 5.74) is 1.86. The van der Waals surface area contributed by atoms with Crippen molar-refractivity contribution in [2.24, 2.45) is 0 Å². The third kappa shape index (κ3) is 4.20. The highest BCUT2D eigenvalue weighted by atomic mass is 32.2. The molecule has 2 aromatic heterocycles. The van der Waals surface area contributed by atoms with Gasteiger partial charge < -0.3 is 9.09 Å². The number of nitrogens with zero attached hydrogens (tertiary/aromatic N) is 4. The first-order valence-corrected chi connectivity index (χ1v) is 10.0. The Morgan fingerprint density at radius 1 is 1.15 bits per heavy atom. The van der Waals surface area contributed by atoms with E-state index in [1.165, 1.54) is 0 Å². The SMILES string of the molecule is CCS(=O)(=O)c1ncc(CN(C)Cc2ccno2)n1Cc1ccccc1. The minimum absolute atomic E-state index is 0.0200. The largest absolute Gasteiger partial charge is 0.360 e. The lowest BCUT2D eigenvalue weighted by atomic mass is 10.2. The van der Waals surface area contributed by atoms with Gasteiger partial charge in [0.2, 0.25) is 15.0 Å². The molecular weight excluding hydrogens is 352 g/mol. The van der Waals surface area contributed by atoms with Gasteiger partial charge in [0.15, 0.2) is 5.76 Å². The van der Waals surface area contributed by atoms with E-state index in [1.807, 2.05) is 48.3 Å². The molecule has 0 bridgehead atoms. The van der Waals surface area contributed by atoms with Crippen LogP contribution in [0.5, 0.6) is 0 Å². The van der Waals surface area contributed by atoms with Crippen molar-refractivity contribution in [1.82, 2.24) is 19.6 Å². The molecular formula is C18H22N4O3S. The molecule has 0 atom stereocenters. The van der Waals surface area contributed by atoms with E-state index in [9.17, 15) is 8.42 Å². The molecule has 8 heteroatoms. The lowest BCUT2D eigenvalue weighted by Crippen LogP contribution is -2.21. The van der Waals surface area contributed by atoms with Crippen molar-refractivity contribution in [1.29, 1.82) is 0 Å². The molecule has 3 rings (SSSR count). The van der Waals surface area contributed by atoms with Gasteiger partial charge in [-0.05, 0) is 12.6 Å². The lowest BCUT2D eigenvalue weighted by molar-refractivity contribution is 0.261. The van der Waals surface area contributed by atoms with E-state index in [2.05, 4.69) is 10.1 Å². The first-order valence-electron chi connectivity index (χ1n) is 8.39. The summed E-state index contributed by atoms with van der Waals surface area (Å²) >= 11 is 0. The first kappa shape index (κ1) is 18.3. The van der Waals surface area contributed by atoms with Crippen molar-refractivity contribution in [3.8, 4) is 0 Å². The van der Waals surface area contributed by atoms with E-state index in [1.54, 1.807) is 23.9 Å². The van der Waals surface area contributed by atoms with Crippen LogP contribution in [0, 0.1) is 0 Å². The van der Waals surface area contributed by atoms with Crippen LogP contribution in [-0.4, -0.2) is 40.8 Å². The number of rotatable bonds is 8. The summed E-state index contributed by atoms with van der Waals surface area (Å²) in [7, 11) is -1.47. The molecule has 7 nitrogen and oxygen atoms in total. The highest BCUT2D eigenvalue weighted by Crippen LogP contribution is 2.18. The molecule has 0 aliphatic rings. The van der Waals surface area contributed by atoms with Gasteiger partial charge in [0.25, 0.3) is 0 Å². The second-order valence-corrected chi connectivity index (χ2v) is 8.33. The Morgan fingerprint density at radius 2 is 1.92 bits per heavy atom. The molecule has 0 unspecified atom stereocenters. The summed E-state index contributed by atoms with van der Waals surface area (Å²) in [6.45, 7) is 3.21. The quantitative estimate of drug-likeness (QED) is 0.602. The Bertz CT molecular complexity index is 934. The van der Waals surface area contributed by atoms with Crippen LogP contribution in [0.2, 0.25) is 0 Å². The van der Waals surface area contributed by atoms with E-state index in [0.717, 1.165) is 17.0 Å². The van der Waals surface area contributed by atoms with Crippen LogP contribution in [0.3, 0.4) is 0 Å². The first-order chi connectivity index (χ1) is 12.5. The van der Waals surface area contributed by atoms with Crippen molar-refractivity contribution in [3.05, 3.63) is 65.8 Å². The summed E-state index contributed by atoms with van der Waals surface area (Å²) in [6, 6.07) is 11.6. The monoisotopic (exact) mass is 374 g/mol. The van der Waals surface area contributed by atoms with Gasteiger partial charge in [-0.3, -0.25) is 4.90 Å². The van der Waals surface area contributed by atoms with E-state index >= 15 is 0 Å². The maximum absolute atomic E-state index is 12.4. The van der Waals surface area contributed by atoms with Crippen LogP contribution >= 0.6 is 0 Å². The van der Waals surface area contributed by atoms with Crippen molar-refractivity contribution in [2.45, 2.75) is 31.7 Å². The fourth-order valence-corrected chi connectivity index (χ4v) is 3.74. The predicted molar refractivity (Wildman–Crippen MR) is 97.2 cm³/mol. The Labute approximate surface area is 153 Å². The lowest BCUT2D eigenvalue weighted by Gasteiger charge is -2.17. The minimum Gasteiger partial charge on any atom is -0.360 e. The fraction of sp³-hybridized carbons (Fsp3) is 0.333. The van der Waals surface area contributed by atoms with Crippen LogP contribution in [0.4, 0.5) is 0 Å². The molecule has 0 aliphatic carbocycles. The van der Waals surface area contributed by atoms with Crippen LogP contribution in [0.1, 0.15) is 23.9 Å². The van der Waals surface area contributed by atoms with E-state index < -0.39 is 9.84 Å². The minimum atomic E-state index is -3.41. The van der Waals surface area contributed by atoms with E-state index in [4.69, 9.17) is 4.52 Å². The molecule has 0 aliphatic heterocycles. The van der Waals surface area contributed by atoms with Crippen molar-refractivity contribution in [3.63, 3.8) is 0 Å². The zero-order chi connectivity index (χ0) is 18.6. The normalized spacial score (nSPS) is 12.0. The van der Waals surface area contributed by atoms with Crippen molar-refractivity contribution < 1.29 is 12.9 Å². The zero-order valence-corrected chi connectivity index (χ0v) is 15.7. The van der Waals surface area contributed by atoms with E-state index in [-0.39, 0.29) is 10.9 Å². The van der Waals surface area contributed by atoms with Gasteiger partial charge in [0.05, 0.1) is 36.9 Å². The van der Waals surface area contributed by atoms with Gasteiger partial charge in [-0.2, -0.15) is 0 Å². The molecule has 0 saturated heterocycles. The van der Waals surface area contributed by atoms with Gasteiger partial charge in [-0.1, -0.05) is 42.4 Å². The summed E-state index contributed by atoms with van der Waals surface area (Å²) in [4.78, 5) is 6.25. The number of imidazole rings is 1. The molecule has 0 N–H and O–H groups in total. The average Bonchev–Trinajstić information content (AvgIpc) is 3.27. The molecule has 0 radical (unpaired) electrons. The van der Waals surface area contributed by atoms with Crippen LogP contribution in [0.15, 0.2) is 58.5 Å². The molecule has 2 heterocycles. The maximum atomic E-state index is 12.4. The molecule has 3 aromatic rings. The summed E-state index contributed by atoms with van der Waals surface area (Å²) in [5.74, 6) is 0.773. The third-order valence-corrected chi connectivity index (χ3v) is 5.73. The Balaban J connectivity index is 1.89. The Hall–Kier alpha value is -2.45. The molecule has 0 spiro atoms. The number of benzene rings is 1. The summed E-state index contributed by atoms with van der Waals surface area (Å²) in [6.07, 6.45) is 3.25. The molecule has 0 saturated carbocycles. The van der Waals surface area contributed by atoms with Gasteiger partial charge in [0.1, 0.15) is 0 Å². The smallest absolute Gasteiger partial charge is 0.228 e. The van der Waals surface area contributed by atoms with Gasteiger partial charge >= 0.3 is 0 Å². The van der Waals surface area contributed by atoms with Crippen molar-refractivity contribution in [2.75, 3.05) is 12.8 Å². The van der Waals surface area contributed by atoms with Crippen LogP contribution < -0.4 is 0 Å². The Kier molecular flexibility index (Phi) is 5.53. The number of hydrogen-bond donors (Lipinski definition) is 0. The second-order valence-electron chi connectivity index (χ2n) is 6.16. The van der Waals surface area contributed by atoms with Gasteiger partial charge in [-0.25, -0.2) is 13.4 Å². The van der Waals surface area contributed by atoms with Crippen molar-refractivity contribution >= 4 is 9.84 Å². The average molecular weight is 374 g/mol.